The second kappa shape index (κ2) is 12.6. The number of piperidine rings is 1. The van der Waals surface area contributed by atoms with Gasteiger partial charge in [0.05, 0.1) is 24.2 Å². The molecule has 0 radical (unpaired) electrons. The Morgan fingerprint density at radius 3 is 2.60 bits per heavy atom. The highest BCUT2D eigenvalue weighted by Gasteiger charge is 2.68. The molecule has 47 heavy (non-hydrogen) atoms. The van der Waals surface area contributed by atoms with Crippen molar-refractivity contribution >= 4 is 18.9 Å². The minimum Gasteiger partial charge on any atom is -0.404 e. The molecule has 0 spiro atoms. The molecular weight excluding hydrogens is 601 g/mol. The van der Waals surface area contributed by atoms with E-state index in [1.165, 1.54) is 6.08 Å². The van der Waals surface area contributed by atoms with Gasteiger partial charge in [-0.15, -0.1) is 0 Å². The molecule has 3 saturated heterocycles. The fourth-order valence-electron chi connectivity index (χ4n) is 9.08. The van der Waals surface area contributed by atoms with Crippen molar-refractivity contribution in [3.63, 3.8) is 0 Å². The number of nitriles is 1. The SMILES string of the molecule is CC1(C)[C@@H]2C[C@H]3OB([C@H](Cc4ccccc4)NC(=O)C[C@@H]4CCCN(C(=O)/C(C#N)=C/C(C)(C)N5CCC(F)(F)C5)C4)O[C@@]3(C)[C@H]1C2. The van der Waals surface area contributed by atoms with Crippen LogP contribution < -0.4 is 5.32 Å². The number of nitrogens with zero attached hydrogens (tertiary/aromatic N) is 3. The lowest BCUT2D eigenvalue weighted by Gasteiger charge is -2.64. The van der Waals surface area contributed by atoms with Gasteiger partial charge in [0.2, 0.25) is 5.91 Å². The molecule has 3 aliphatic carbocycles. The van der Waals surface area contributed by atoms with Crippen LogP contribution in [0.2, 0.25) is 0 Å². The topological polar surface area (TPSA) is 94.9 Å². The Kier molecular flexibility index (Phi) is 9.12. The molecule has 1 aromatic rings. The molecule has 6 aliphatic rings. The molecule has 3 saturated carbocycles. The van der Waals surface area contributed by atoms with Gasteiger partial charge in [-0.2, -0.15) is 5.26 Å². The number of benzene rings is 1. The van der Waals surface area contributed by atoms with Crippen molar-refractivity contribution in [2.24, 2.45) is 23.2 Å². The van der Waals surface area contributed by atoms with Crippen LogP contribution >= 0.6 is 0 Å². The van der Waals surface area contributed by atoms with Crippen molar-refractivity contribution in [2.75, 3.05) is 26.2 Å². The number of amides is 2. The zero-order chi connectivity index (χ0) is 33.8. The summed E-state index contributed by atoms with van der Waals surface area (Å²) in [6.07, 6.45) is 5.72. The Balaban J connectivity index is 1.10. The first-order valence-electron chi connectivity index (χ1n) is 17.3. The van der Waals surface area contributed by atoms with E-state index < -0.39 is 31.0 Å². The van der Waals surface area contributed by atoms with Crippen LogP contribution in [0.5, 0.6) is 0 Å². The molecule has 3 heterocycles. The van der Waals surface area contributed by atoms with Gasteiger partial charge in [0.15, 0.2) is 0 Å². The van der Waals surface area contributed by atoms with Crippen molar-refractivity contribution < 1.29 is 27.7 Å². The van der Waals surface area contributed by atoms with Crippen LogP contribution in [0.15, 0.2) is 42.0 Å². The quantitative estimate of drug-likeness (QED) is 0.225. The molecule has 8 nitrogen and oxygen atoms in total. The smallest absolute Gasteiger partial charge is 0.404 e. The van der Waals surface area contributed by atoms with Gasteiger partial charge in [-0.1, -0.05) is 44.2 Å². The zero-order valence-corrected chi connectivity index (χ0v) is 28.4. The number of likely N-dealkylation sites (tertiary alicyclic amines) is 2. The van der Waals surface area contributed by atoms with Crippen molar-refractivity contribution in [3.8, 4) is 6.07 Å². The van der Waals surface area contributed by atoms with E-state index in [1.807, 2.05) is 36.4 Å². The highest BCUT2D eigenvalue weighted by Crippen LogP contribution is 2.65. The predicted molar refractivity (Wildman–Crippen MR) is 175 cm³/mol. The number of carbonyl (C=O) groups is 2. The Labute approximate surface area is 278 Å². The molecule has 0 unspecified atom stereocenters. The van der Waals surface area contributed by atoms with E-state index in [1.54, 1.807) is 23.6 Å². The second-order valence-corrected chi connectivity index (χ2v) is 16.0. The summed E-state index contributed by atoms with van der Waals surface area (Å²) in [5, 5.41) is 13.1. The number of carbonyl (C=O) groups excluding carboxylic acids is 2. The van der Waals surface area contributed by atoms with Gasteiger partial charge in [0.1, 0.15) is 11.6 Å². The van der Waals surface area contributed by atoms with Crippen molar-refractivity contribution in [2.45, 2.75) is 109 Å². The van der Waals surface area contributed by atoms with Crippen LogP contribution in [0.25, 0.3) is 0 Å². The van der Waals surface area contributed by atoms with E-state index in [2.05, 4.69) is 26.1 Å². The number of alkyl halides is 2. The number of halogens is 2. The van der Waals surface area contributed by atoms with Crippen LogP contribution in [0.1, 0.15) is 78.7 Å². The number of nitrogens with one attached hydrogen (secondary N) is 1. The zero-order valence-electron chi connectivity index (χ0n) is 28.4. The molecule has 11 heteroatoms. The third kappa shape index (κ3) is 6.75. The van der Waals surface area contributed by atoms with E-state index in [-0.39, 0.29) is 59.8 Å². The van der Waals surface area contributed by atoms with Gasteiger partial charge in [0, 0.05) is 38.0 Å². The molecular formula is C36H49BF2N4O4. The van der Waals surface area contributed by atoms with Crippen molar-refractivity contribution in [1.82, 2.24) is 15.1 Å². The Bertz CT molecular complexity index is 1430. The van der Waals surface area contributed by atoms with Gasteiger partial charge >= 0.3 is 7.12 Å². The first-order chi connectivity index (χ1) is 22.1. The van der Waals surface area contributed by atoms with E-state index in [9.17, 15) is 23.6 Å². The van der Waals surface area contributed by atoms with Gasteiger partial charge in [0.25, 0.3) is 11.8 Å². The van der Waals surface area contributed by atoms with E-state index in [0.29, 0.717) is 37.8 Å². The summed E-state index contributed by atoms with van der Waals surface area (Å²) in [5.41, 5.74) is -0.0161. The molecule has 254 valence electrons. The first-order valence-corrected chi connectivity index (χ1v) is 17.3. The summed E-state index contributed by atoms with van der Waals surface area (Å²) in [6, 6.07) is 12.1. The molecule has 0 aromatic heterocycles. The van der Waals surface area contributed by atoms with Crippen LogP contribution in [0.4, 0.5) is 8.78 Å². The third-order valence-electron chi connectivity index (χ3n) is 12.1. The monoisotopic (exact) mass is 650 g/mol. The standard InChI is InChI=1S/C36H49BF2N4O4/c1-33(2,43-15-13-36(38,39)23-43)20-26(21-40)32(45)42-14-9-12-25(22-42)17-31(44)41-30(16-24-10-7-6-8-11-24)37-46-29-19-27-18-28(34(27,3)4)35(29,5)47-37/h6-8,10-11,20,25,27-30H,9,12-19,22-23H2,1-5H3,(H,41,44)/b26-20+/t25-,27-,28-,29+,30-,35-/m0/s1. The number of hydrogen-bond acceptors (Lipinski definition) is 6. The summed E-state index contributed by atoms with van der Waals surface area (Å²) in [4.78, 5) is 30.4. The molecule has 7 rings (SSSR count). The van der Waals surface area contributed by atoms with Gasteiger partial charge in [-0.3, -0.25) is 14.5 Å². The van der Waals surface area contributed by atoms with E-state index >= 15 is 0 Å². The third-order valence-corrected chi connectivity index (χ3v) is 12.1. The lowest BCUT2D eigenvalue weighted by Crippen LogP contribution is -2.65. The number of rotatable bonds is 9. The minimum absolute atomic E-state index is 0.00619. The summed E-state index contributed by atoms with van der Waals surface area (Å²) in [6.45, 7) is 11.0. The first kappa shape index (κ1) is 34.1. The van der Waals surface area contributed by atoms with Crippen molar-refractivity contribution in [1.29, 1.82) is 5.26 Å². The fourth-order valence-corrected chi connectivity index (χ4v) is 9.08. The molecule has 1 N–H and O–H groups in total. The predicted octanol–water partition coefficient (Wildman–Crippen LogP) is 5.18. The van der Waals surface area contributed by atoms with Crippen LogP contribution in [-0.2, 0) is 25.3 Å². The maximum Gasteiger partial charge on any atom is 0.482 e. The maximum absolute atomic E-state index is 13.9. The minimum atomic E-state index is -2.77. The summed E-state index contributed by atoms with van der Waals surface area (Å²) in [5.74, 6) is -2.71. The van der Waals surface area contributed by atoms with Crippen molar-refractivity contribution in [3.05, 3.63) is 47.5 Å². The average molecular weight is 651 g/mol. The van der Waals surface area contributed by atoms with E-state index in [0.717, 1.165) is 24.8 Å². The Morgan fingerprint density at radius 2 is 1.94 bits per heavy atom. The Morgan fingerprint density at radius 1 is 1.19 bits per heavy atom. The fraction of sp³-hybridized carbons (Fsp3) is 0.694. The molecule has 2 amide bonds. The second-order valence-electron chi connectivity index (χ2n) is 16.0. The maximum atomic E-state index is 13.9. The summed E-state index contributed by atoms with van der Waals surface area (Å²) >= 11 is 0. The Hall–Kier alpha value is -2.81. The van der Waals surface area contributed by atoms with Crippen LogP contribution in [0, 0.1) is 34.5 Å². The normalized spacial score (nSPS) is 32.3. The molecule has 6 atom stereocenters. The van der Waals surface area contributed by atoms with E-state index in [4.69, 9.17) is 9.31 Å². The van der Waals surface area contributed by atoms with Crippen LogP contribution in [-0.4, -0.2) is 84.0 Å². The van der Waals surface area contributed by atoms with Gasteiger partial charge in [-0.05, 0) is 87.7 Å². The largest absolute Gasteiger partial charge is 0.482 e. The summed E-state index contributed by atoms with van der Waals surface area (Å²) in [7, 11) is -0.559. The van der Waals surface area contributed by atoms with Crippen LogP contribution in [0.3, 0.4) is 0 Å². The highest BCUT2D eigenvalue weighted by molar-refractivity contribution is 6.48. The lowest BCUT2D eigenvalue weighted by atomic mass is 9.43. The molecule has 2 bridgehead atoms. The molecule has 1 aromatic carbocycles. The van der Waals surface area contributed by atoms with Gasteiger partial charge in [-0.25, -0.2) is 8.78 Å². The lowest BCUT2D eigenvalue weighted by molar-refractivity contribution is -0.199. The number of hydrogen-bond donors (Lipinski definition) is 1. The van der Waals surface area contributed by atoms with Gasteiger partial charge < -0.3 is 19.5 Å². The molecule has 3 aliphatic heterocycles. The molecule has 6 fully saturated rings. The summed E-state index contributed by atoms with van der Waals surface area (Å²) < 4.78 is 41.2. The highest BCUT2D eigenvalue weighted by atomic mass is 19.3. The average Bonchev–Trinajstić information content (AvgIpc) is 3.58.